The molecule has 1 saturated carbocycles. The maximum atomic E-state index is 4.66. The smallest absolute Gasteiger partial charge is 0.224 e. The van der Waals surface area contributed by atoms with Crippen molar-refractivity contribution in [2.24, 2.45) is 0 Å². The fourth-order valence-corrected chi connectivity index (χ4v) is 2.83. The predicted octanol–water partition coefficient (Wildman–Crippen LogP) is 3.46. The molecule has 4 nitrogen and oxygen atoms in total. The first-order valence-corrected chi connectivity index (χ1v) is 7.68. The van der Waals surface area contributed by atoms with E-state index in [2.05, 4.69) is 34.0 Å². The van der Waals surface area contributed by atoms with E-state index in [4.69, 9.17) is 0 Å². The molecule has 1 N–H and O–H groups in total. The molecule has 19 heavy (non-hydrogen) atoms. The highest BCUT2D eigenvalue weighted by Crippen LogP contribution is 2.26. The predicted molar refractivity (Wildman–Crippen MR) is 80.7 cm³/mol. The number of nitrogens with zero attached hydrogens (tertiary/aromatic N) is 3. The quantitative estimate of drug-likeness (QED) is 0.852. The molecule has 1 aromatic rings. The van der Waals surface area contributed by atoms with Gasteiger partial charge >= 0.3 is 0 Å². The molecule has 0 unspecified atom stereocenters. The maximum absolute atomic E-state index is 4.66. The molecular weight excluding hydrogens is 236 g/mol. The fraction of sp³-hybridized carbons (Fsp3) is 0.733. The topological polar surface area (TPSA) is 41.1 Å². The average Bonchev–Trinajstić information content (AvgIpc) is 2.47. The van der Waals surface area contributed by atoms with Crippen LogP contribution >= 0.6 is 0 Å². The van der Waals surface area contributed by atoms with E-state index in [-0.39, 0.29) is 0 Å². The Morgan fingerprint density at radius 3 is 2.74 bits per heavy atom. The van der Waals surface area contributed by atoms with Crippen LogP contribution in [0.5, 0.6) is 0 Å². The summed E-state index contributed by atoms with van der Waals surface area (Å²) in [6, 6.07) is 2.70. The van der Waals surface area contributed by atoms with Crippen molar-refractivity contribution in [3.63, 3.8) is 0 Å². The lowest BCUT2D eigenvalue weighted by Gasteiger charge is -2.34. The number of rotatable bonds is 6. The highest BCUT2D eigenvalue weighted by Gasteiger charge is 2.21. The van der Waals surface area contributed by atoms with Crippen LogP contribution in [-0.2, 0) is 0 Å². The van der Waals surface area contributed by atoms with Crippen molar-refractivity contribution in [2.45, 2.75) is 58.4 Å². The van der Waals surface area contributed by atoms with Gasteiger partial charge < -0.3 is 10.2 Å². The van der Waals surface area contributed by atoms with Gasteiger partial charge in [0.25, 0.3) is 0 Å². The molecule has 0 atom stereocenters. The number of hydrogen-bond donors (Lipinski definition) is 1. The fourth-order valence-electron chi connectivity index (χ4n) is 2.83. The second-order valence-electron chi connectivity index (χ2n) is 5.24. The second-order valence-corrected chi connectivity index (χ2v) is 5.24. The lowest BCUT2D eigenvalue weighted by Crippen LogP contribution is -2.37. The van der Waals surface area contributed by atoms with Gasteiger partial charge in [0, 0.05) is 25.3 Å². The minimum atomic E-state index is 0.660. The van der Waals surface area contributed by atoms with Crippen molar-refractivity contribution in [3.8, 4) is 0 Å². The van der Waals surface area contributed by atoms with Gasteiger partial charge in [-0.25, -0.2) is 4.98 Å². The molecule has 2 rings (SSSR count). The van der Waals surface area contributed by atoms with Crippen LogP contribution in [0.25, 0.3) is 0 Å². The molecule has 0 aromatic carbocycles. The normalized spacial score (nSPS) is 16.3. The maximum Gasteiger partial charge on any atom is 0.224 e. The number of aromatic nitrogens is 2. The van der Waals surface area contributed by atoms with Crippen molar-refractivity contribution >= 4 is 11.8 Å². The number of nitrogens with one attached hydrogen (secondary N) is 1. The Hall–Kier alpha value is -1.32. The molecule has 1 heterocycles. The SMILES string of the molecule is CCCNc1nccc(N(CC)C2CCCCC2)n1. The van der Waals surface area contributed by atoms with E-state index in [1.165, 1.54) is 32.1 Å². The van der Waals surface area contributed by atoms with Crippen molar-refractivity contribution < 1.29 is 0 Å². The van der Waals surface area contributed by atoms with Gasteiger partial charge in [0.1, 0.15) is 5.82 Å². The minimum absolute atomic E-state index is 0.660. The van der Waals surface area contributed by atoms with Crippen LogP contribution in [-0.4, -0.2) is 29.1 Å². The Bertz CT molecular complexity index is 374. The van der Waals surface area contributed by atoms with Gasteiger partial charge in [-0.1, -0.05) is 26.2 Å². The monoisotopic (exact) mass is 262 g/mol. The zero-order valence-corrected chi connectivity index (χ0v) is 12.2. The van der Waals surface area contributed by atoms with Crippen LogP contribution in [0.15, 0.2) is 12.3 Å². The third kappa shape index (κ3) is 3.82. The van der Waals surface area contributed by atoms with Gasteiger partial charge in [-0.3, -0.25) is 0 Å². The summed E-state index contributed by atoms with van der Waals surface area (Å²) >= 11 is 0. The van der Waals surface area contributed by atoms with Gasteiger partial charge in [0.2, 0.25) is 5.95 Å². The van der Waals surface area contributed by atoms with Crippen LogP contribution in [0.4, 0.5) is 11.8 Å². The molecule has 1 aliphatic rings. The molecule has 0 spiro atoms. The Labute approximate surface area is 116 Å². The highest BCUT2D eigenvalue weighted by atomic mass is 15.2. The molecule has 1 aromatic heterocycles. The van der Waals surface area contributed by atoms with Crippen LogP contribution in [0.3, 0.4) is 0 Å². The van der Waals surface area contributed by atoms with E-state index < -0.39 is 0 Å². The Morgan fingerprint density at radius 2 is 2.05 bits per heavy atom. The molecule has 0 saturated heterocycles. The van der Waals surface area contributed by atoms with E-state index >= 15 is 0 Å². The lowest BCUT2D eigenvalue weighted by molar-refractivity contribution is 0.416. The first kappa shape index (κ1) is 14.1. The van der Waals surface area contributed by atoms with Crippen molar-refractivity contribution in [3.05, 3.63) is 12.3 Å². The van der Waals surface area contributed by atoms with E-state index in [1.54, 1.807) is 0 Å². The first-order chi connectivity index (χ1) is 9.35. The summed E-state index contributed by atoms with van der Waals surface area (Å²) in [5.41, 5.74) is 0. The summed E-state index contributed by atoms with van der Waals surface area (Å²) in [4.78, 5) is 11.4. The zero-order valence-electron chi connectivity index (χ0n) is 12.2. The largest absolute Gasteiger partial charge is 0.354 e. The summed E-state index contributed by atoms with van der Waals surface area (Å²) in [7, 11) is 0. The van der Waals surface area contributed by atoms with Crippen LogP contribution < -0.4 is 10.2 Å². The third-order valence-corrected chi connectivity index (χ3v) is 3.82. The van der Waals surface area contributed by atoms with E-state index in [0.717, 1.165) is 31.3 Å². The van der Waals surface area contributed by atoms with Gasteiger partial charge in [-0.05, 0) is 32.3 Å². The third-order valence-electron chi connectivity index (χ3n) is 3.82. The van der Waals surface area contributed by atoms with Crippen molar-refractivity contribution in [2.75, 3.05) is 23.3 Å². The molecule has 0 amide bonds. The molecule has 0 aliphatic heterocycles. The number of anilines is 2. The highest BCUT2D eigenvalue weighted by molar-refractivity contribution is 5.43. The Balaban J connectivity index is 2.08. The minimum Gasteiger partial charge on any atom is -0.354 e. The standard InChI is InChI=1S/C15H26N4/c1-3-11-16-15-17-12-10-14(18-15)19(4-2)13-8-6-5-7-9-13/h10,12-13H,3-9,11H2,1-2H3,(H,16,17,18). The van der Waals surface area contributed by atoms with Gasteiger partial charge in [-0.15, -0.1) is 0 Å². The first-order valence-electron chi connectivity index (χ1n) is 7.68. The molecule has 1 aliphatic carbocycles. The van der Waals surface area contributed by atoms with Crippen LogP contribution in [0, 0.1) is 0 Å². The second kappa shape index (κ2) is 7.31. The Morgan fingerprint density at radius 1 is 1.26 bits per heavy atom. The van der Waals surface area contributed by atoms with Gasteiger partial charge in [0.15, 0.2) is 0 Å². The Kier molecular flexibility index (Phi) is 5.43. The molecule has 0 radical (unpaired) electrons. The lowest BCUT2D eigenvalue weighted by atomic mass is 9.94. The van der Waals surface area contributed by atoms with E-state index in [1.807, 2.05) is 12.3 Å². The molecule has 1 fully saturated rings. The van der Waals surface area contributed by atoms with E-state index in [9.17, 15) is 0 Å². The molecule has 4 heteroatoms. The summed E-state index contributed by atoms with van der Waals surface area (Å²) < 4.78 is 0. The summed E-state index contributed by atoms with van der Waals surface area (Å²) in [5, 5.41) is 3.27. The van der Waals surface area contributed by atoms with Crippen LogP contribution in [0.2, 0.25) is 0 Å². The summed E-state index contributed by atoms with van der Waals surface area (Å²) in [6.07, 6.45) is 9.66. The zero-order chi connectivity index (χ0) is 13.5. The molecule has 0 bridgehead atoms. The molecule has 106 valence electrons. The van der Waals surface area contributed by atoms with Crippen molar-refractivity contribution in [1.29, 1.82) is 0 Å². The van der Waals surface area contributed by atoms with Crippen LogP contribution in [0.1, 0.15) is 52.4 Å². The summed E-state index contributed by atoms with van der Waals surface area (Å²) in [6.45, 7) is 6.32. The van der Waals surface area contributed by atoms with E-state index in [0.29, 0.717) is 6.04 Å². The van der Waals surface area contributed by atoms with Gasteiger partial charge in [-0.2, -0.15) is 4.98 Å². The van der Waals surface area contributed by atoms with Crippen molar-refractivity contribution in [1.82, 2.24) is 9.97 Å². The van der Waals surface area contributed by atoms with Gasteiger partial charge in [0.05, 0.1) is 0 Å². The summed E-state index contributed by atoms with van der Waals surface area (Å²) in [5.74, 6) is 1.83. The number of hydrogen-bond acceptors (Lipinski definition) is 4. The average molecular weight is 262 g/mol. The molecular formula is C15H26N4.